The maximum Gasteiger partial charge on any atom is 0.160 e. The highest BCUT2D eigenvalue weighted by Crippen LogP contribution is 2.43. The molecule has 32 heavy (non-hydrogen) atoms. The van der Waals surface area contributed by atoms with E-state index >= 15 is 0 Å². The molecule has 0 atom stereocenters. The van der Waals surface area contributed by atoms with Gasteiger partial charge in [0.2, 0.25) is 0 Å². The third-order valence-corrected chi connectivity index (χ3v) is 6.20. The molecule has 1 aliphatic carbocycles. The number of hydrogen-bond donors (Lipinski definition) is 3. The van der Waals surface area contributed by atoms with Crippen LogP contribution in [0.1, 0.15) is 29.9 Å². The number of rotatable bonds is 7. The maximum absolute atomic E-state index is 6.14. The Kier molecular flexibility index (Phi) is 5.05. The molecule has 6 rings (SSSR count). The van der Waals surface area contributed by atoms with Gasteiger partial charge >= 0.3 is 0 Å². The molecule has 4 N–H and O–H groups in total. The van der Waals surface area contributed by atoms with E-state index in [1.54, 1.807) is 7.05 Å². The second-order valence-electron chi connectivity index (χ2n) is 8.71. The molecule has 3 aliphatic rings. The Labute approximate surface area is 186 Å². The number of ether oxygens (including phenoxy) is 1. The fourth-order valence-electron chi connectivity index (χ4n) is 4.77. The van der Waals surface area contributed by atoms with Crippen molar-refractivity contribution in [2.75, 3.05) is 25.5 Å². The molecule has 0 aromatic carbocycles. The second-order valence-corrected chi connectivity index (χ2v) is 8.71. The van der Waals surface area contributed by atoms with Crippen LogP contribution in [0.5, 0.6) is 0 Å². The third-order valence-electron chi connectivity index (χ3n) is 6.20. The number of anilines is 2. The number of pyridine rings is 1. The van der Waals surface area contributed by atoms with Crippen molar-refractivity contribution in [1.82, 2.24) is 24.9 Å². The van der Waals surface area contributed by atoms with Gasteiger partial charge in [-0.25, -0.2) is 14.5 Å². The zero-order valence-electron chi connectivity index (χ0n) is 18.6. The fourth-order valence-corrected chi connectivity index (χ4v) is 4.77. The molecule has 2 bridgehead atoms. The second kappa shape index (κ2) is 7.90. The number of hydrogen-bond acceptors (Lipinski definition) is 8. The van der Waals surface area contributed by atoms with Gasteiger partial charge in [0.25, 0.3) is 0 Å². The van der Waals surface area contributed by atoms with E-state index in [-0.39, 0.29) is 5.54 Å². The summed E-state index contributed by atoms with van der Waals surface area (Å²) in [6.45, 7) is 5.50. The zero-order chi connectivity index (χ0) is 22.3. The molecule has 5 heterocycles. The van der Waals surface area contributed by atoms with Crippen LogP contribution in [0.15, 0.2) is 47.4 Å². The van der Waals surface area contributed by atoms with Gasteiger partial charge in [-0.05, 0) is 51.3 Å². The van der Waals surface area contributed by atoms with Crippen LogP contribution in [-0.4, -0.2) is 51.0 Å². The first kappa shape index (κ1) is 20.4. The monoisotopic (exact) mass is 432 g/mol. The summed E-state index contributed by atoms with van der Waals surface area (Å²) in [5, 5.41) is 11.4. The number of fused-ring (bicyclic) bond motifs is 2. The molecule has 0 unspecified atom stereocenters. The minimum absolute atomic E-state index is 0.103. The summed E-state index contributed by atoms with van der Waals surface area (Å²) in [6, 6.07) is 7.84. The lowest BCUT2D eigenvalue weighted by atomic mass is 9.74. The lowest BCUT2D eigenvalue weighted by Gasteiger charge is -2.37. The van der Waals surface area contributed by atoms with Crippen LogP contribution in [0, 0.1) is 19.8 Å². The van der Waals surface area contributed by atoms with Gasteiger partial charge < -0.3 is 21.1 Å². The number of nitrogens with one attached hydrogen (secondary N) is 2. The molecule has 0 spiro atoms. The van der Waals surface area contributed by atoms with E-state index in [0.717, 1.165) is 34.9 Å². The highest BCUT2D eigenvalue weighted by molar-refractivity contribution is 6.11. The molecule has 9 nitrogen and oxygen atoms in total. The summed E-state index contributed by atoms with van der Waals surface area (Å²) < 4.78 is 7.94. The quantitative estimate of drug-likeness (QED) is 0.388. The Morgan fingerprint density at radius 1 is 1.31 bits per heavy atom. The largest absolute Gasteiger partial charge is 0.488 e. The smallest absolute Gasteiger partial charge is 0.160 e. The Morgan fingerprint density at radius 2 is 2.16 bits per heavy atom. The van der Waals surface area contributed by atoms with E-state index in [9.17, 15) is 0 Å². The molecule has 3 aromatic rings. The van der Waals surface area contributed by atoms with Crippen LogP contribution < -0.4 is 16.4 Å². The molecular formula is C23H28N8O. The molecule has 166 valence electrons. The Hall–Kier alpha value is -3.46. The Bertz CT molecular complexity index is 1200. The SMILES string of the molecule is CN=C(/C(=C\N)OCC12CC(CN1)C2)c1ccn2nc(Nc3cc(C)nc(C)n3)cc2c1. The van der Waals surface area contributed by atoms with Crippen LogP contribution in [0.25, 0.3) is 5.52 Å². The molecule has 0 radical (unpaired) electrons. The predicted octanol–water partition coefficient (Wildman–Crippen LogP) is 2.47. The van der Waals surface area contributed by atoms with Gasteiger partial charge in [0, 0.05) is 42.8 Å². The first-order chi connectivity index (χ1) is 15.5. The fraction of sp³-hybridized carbons (Fsp3) is 0.391. The van der Waals surface area contributed by atoms with Gasteiger partial charge in [-0.15, -0.1) is 0 Å². The summed E-state index contributed by atoms with van der Waals surface area (Å²) in [4.78, 5) is 13.2. The first-order valence-electron chi connectivity index (χ1n) is 10.8. The zero-order valence-corrected chi connectivity index (χ0v) is 18.6. The van der Waals surface area contributed by atoms with Gasteiger partial charge in [-0.1, -0.05) is 0 Å². The van der Waals surface area contributed by atoms with E-state index in [2.05, 4.69) is 30.7 Å². The summed E-state index contributed by atoms with van der Waals surface area (Å²) in [5.41, 5.74) is 9.49. The molecule has 3 aromatic heterocycles. The number of allylic oxidation sites excluding steroid dienone is 1. The lowest BCUT2D eigenvalue weighted by Crippen LogP contribution is -2.47. The van der Waals surface area contributed by atoms with Gasteiger partial charge in [0.05, 0.1) is 11.1 Å². The molecule has 2 saturated heterocycles. The third kappa shape index (κ3) is 3.80. The summed E-state index contributed by atoms with van der Waals surface area (Å²) in [5.74, 6) is 3.52. The molecule has 9 heteroatoms. The number of aromatic nitrogens is 4. The van der Waals surface area contributed by atoms with Crippen molar-refractivity contribution in [1.29, 1.82) is 0 Å². The van der Waals surface area contributed by atoms with Gasteiger partial charge in [-0.3, -0.25) is 4.99 Å². The summed E-state index contributed by atoms with van der Waals surface area (Å²) >= 11 is 0. The number of nitrogens with two attached hydrogens (primary N) is 1. The number of aliphatic imine (C=N–C) groups is 1. The highest BCUT2D eigenvalue weighted by Gasteiger charge is 2.50. The number of nitrogens with zero attached hydrogens (tertiary/aromatic N) is 5. The van der Waals surface area contributed by atoms with Crippen LogP contribution in [0.2, 0.25) is 0 Å². The average Bonchev–Trinajstić information content (AvgIpc) is 3.43. The molecular weight excluding hydrogens is 404 g/mol. The van der Waals surface area contributed by atoms with E-state index in [0.29, 0.717) is 29.8 Å². The molecule has 1 saturated carbocycles. The number of aryl methyl sites for hydroxylation is 2. The van der Waals surface area contributed by atoms with E-state index in [4.69, 9.17) is 10.5 Å². The minimum Gasteiger partial charge on any atom is -0.488 e. The normalized spacial score (nSPS) is 22.8. The van der Waals surface area contributed by atoms with Crippen LogP contribution >= 0.6 is 0 Å². The molecule has 0 amide bonds. The van der Waals surface area contributed by atoms with Gasteiger partial charge in [0.15, 0.2) is 11.6 Å². The standard InChI is InChI=1S/C23H28N8O/c1-14-6-20(28-15(2)27-14)29-21-8-18-7-17(4-5-31(18)30-21)22(25-3)19(11-24)32-13-23-9-16(10-23)12-26-23/h4-8,11,16,26H,9-10,12-13,24H2,1-3H3,(H,27,28,29,30)/b19-11+,25-22?. The highest BCUT2D eigenvalue weighted by atomic mass is 16.5. The van der Waals surface area contributed by atoms with Crippen LogP contribution in [0.3, 0.4) is 0 Å². The van der Waals surface area contributed by atoms with Crippen molar-refractivity contribution in [3.8, 4) is 0 Å². The van der Waals surface area contributed by atoms with Crippen molar-refractivity contribution in [3.63, 3.8) is 0 Å². The molecule has 3 fully saturated rings. The van der Waals surface area contributed by atoms with E-state index in [1.807, 2.05) is 48.8 Å². The summed E-state index contributed by atoms with van der Waals surface area (Å²) in [7, 11) is 1.75. The van der Waals surface area contributed by atoms with E-state index < -0.39 is 0 Å². The Morgan fingerprint density at radius 3 is 2.84 bits per heavy atom. The van der Waals surface area contributed by atoms with E-state index in [1.165, 1.54) is 19.0 Å². The van der Waals surface area contributed by atoms with Crippen molar-refractivity contribution in [2.24, 2.45) is 16.6 Å². The van der Waals surface area contributed by atoms with Crippen molar-refractivity contribution < 1.29 is 4.74 Å². The maximum atomic E-state index is 6.14. The molecule has 2 aliphatic heterocycles. The van der Waals surface area contributed by atoms with Crippen LogP contribution in [-0.2, 0) is 4.74 Å². The topological polar surface area (TPSA) is 115 Å². The van der Waals surface area contributed by atoms with Crippen molar-refractivity contribution in [2.45, 2.75) is 32.2 Å². The first-order valence-corrected chi connectivity index (χ1v) is 10.8. The Balaban J connectivity index is 1.35. The van der Waals surface area contributed by atoms with Crippen molar-refractivity contribution >= 4 is 22.9 Å². The lowest BCUT2D eigenvalue weighted by molar-refractivity contribution is 0.0933. The predicted molar refractivity (Wildman–Crippen MR) is 124 cm³/mol. The minimum atomic E-state index is 0.103. The summed E-state index contributed by atoms with van der Waals surface area (Å²) in [6.07, 6.45) is 5.75. The van der Waals surface area contributed by atoms with Crippen molar-refractivity contribution in [3.05, 3.63) is 59.5 Å². The van der Waals surface area contributed by atoms with Gasteiger partial charge in [-0.2, -0.15) is 5.10 Å². The average molecular weight is 433 g/mol. The van der Waals surface area contributed by atoms with Gasteiger partial charge in [0.1, 0.15) is 24.0 Å². The van der Waals surface area contributed by atoms with Crippen LogP contribution in [0.4, 0.5) is 11.6 Å².